The minimum absolute atomic E-state index is 0.00862. The summed E-state index contributed by atoms with van der Waals surface area (Å²) >= 11 is 0. The maximum Gasteiger partial charge on any atom is 0.270 e. The molecule has 0 amide bonds. The average molecular weight is 363 g/mol. The predicted octanol–water partition coefficient (Wildman–Crippen LogP) is 4.38. The molecule has 3 aromatic rings. The van der Waals surface area contributed by atoms with E-state index in [1.165, 1.54) is 19.2 Å². The van der Waals surface area contributed by atoms with Crippen LogP contribution < -0.4 is 4.74 Å². The Bertz CT molecular complexity index is 996. The van der Waals surface area contributed by atoms with E-state index >= 15 is 0 Å². The first-order chi connectivity index (χ1) is 13.0. The van der Waals surface area contributed by atoms with E-state index in [-0.39, 0.29) is 11.4 Å². The molecule has 6 heteroatoms. The highest BCUT2D eigenvalue weighted by molar-refractivity contribution is 5.79. The quantitative estimate of drug-likeness (QED) is 0.399. The standard InChI is InChI=1S/C21H17NO5/c1-27-19-10-9-17(11-14-5-7-15(13-23)8-6-14)21(24)20(19)16-3-2-4-18(12-16)22(25)26/h2-10,12-13,24H,11H2,1H3. The third-order valence-corrected chi connectivity index (χ3v) is 4.30. The van der Waals surface area contributed by atoms with Gasteiger partial charge in [0, 0.05) is 24.1 Å². The zero-order chi connectivity index (χ0) is 19.4. The van der Waals surface area contributed by atoms with Crippen LogP contribution in [0.5, 0.6) is 11.5 Å². The van der Waals surface area contributed by atoms with Gasteiger partial charge < -0.3 is 9.84 Å². The summed E-state index contributed by atoms with van der Waals surface area (Å²) in [5, 5.41) is 21.9. The molecule has 3 aromatic carbocycles. The van der Waals surface area contributed by atoms with Crippen LogP contribution in [0.1, 0.15) is 21.5 Å². The molecule has 1 N–H and O–H groups in total. The van der Waals surface area contributed by atoms with E-state index in [0.29, 0.717) is 34.4 Å². The molecule has 0 unspecified atom stereocenters. The molecular formula is C21H17NO5. The number of nitro groups is 1. The monoisotopic (exact) mass is 363 g/mol. The molecule has 0 aliphatic heterocycles. The van der Waals surface area contributed by atoms with Gasteiger partial charge in [0.2, 0.25) is 0 Å². The summed E-state index contributed by atoms with van der Waals surface area (Å²) in [7, 11) is 1.48. The van der Waals surface area contributed by atoms with Crippen LogP contribution >= 0.6 is 0 Å². The molecule has 27 heavy (non-hydrogen) atoms. The lowest BCUT2D eigenvalue weighted by atomic mass is 9.96. The number of benzene rings is 3. The molecule has 0 heterocycles. The topological polar surface area (TPSA) is 89.7 Å². The van der Waals surface area contributed by atoms with E-state index in [1.807, 2.05) is 12.1 Å². The van der Waals surface area contributed by atoms with E-state index in [4.69, 9.17) is 4.74 Å². The third-order valence-electron chi connectivity index (χ3n) is 4.30. The summed E-state index contributed by atoms with van der Waals surface area (Å²) in [6, 6.07) is 16.6. The van der Waals surface area contributed by atoms with Gasteiger partial charge in [-0.15, -0.1) is 0 Å². The van der Waals surface area contributed by atoms with E-state index < -0.39 is 4.92 Å². The Morgan fingerprint density at radius 3 is 2.48 bits per heavy atom. The second-order valence-electron chi connectivity index (χ2n) is 5.99. The molecule has 3 rings (SSSR count). The number of nitrogens with zero attached hydrogens (tertiary/aromatic N) is 1. The number of carbonyl (C=O) groups is 1. The fraction of sp³-hybridized carbons (Fsp3) is 0.0952. The first-order valence-corrected chi connectivity index (χ1v) is 8.21. The summed E-state index contributed by atoms with van der Waals surface area (Å²) < 4.78 is 5.35. The number of hydrogen-bond donors (Lipinski definition) is 1. The molecule has 0 saturated heterocycles. The highest BCUT2D eigenvalue weighted by atomic mass is 16.6. The summed E-state index contributed by atoms with van der Waals surface area (Å²) in [6.45, 7) is 0. The van der Waals surface area contributed by atoms with Crippen molar-refractivity contribution in [2.24, 2.45) is 0 Å². The molecule has 0 bridgehead atoms. The Labute approximate surface area is 155 Å². The normalized spacial score (nSPS) is 10.4. The van der Waals surface area contributed by atoms with Crippen molar-refractivity contribution in [3.63, 3.8) is 0 Å². The number of aldehydes is 1. The van der Waals surface area contributed by atoms with Crippen molar-refractivity contribution in [2.45, 2.75) is 6.42 Å². The summed E-state index contributed by atoms with van der Waals surface area (Å²) in [6.07, 6.45) is 1.21. The number of nitro benzene ring substituents is 1. The number of methoxy groups -OCH3 is 1. The van der Waals surface area contributed by atoms with Crippen LogP contribution in [0.15, 0.2) is 60.7 Å². The van der Waals surface area contributed by atoms with Crippen molar-refractivity contribution < 1.29 is 19.6 Å². The highest BCUT2D eigenvalue weighted by Crippen LogP contribution is 2.41. The Morgan fingerprint density at radius 2 is 1.85 bits per heavy atom. The van der Waals surface area contributed by atoms with Gasteiger partial charge in [0.1, 0.15) is 17.8 Å². The zero-order valence-electron chi connectivity index (χ0n) is 14.6. The molecule has 6 nitrogen and oxygen atoms in total. The molecule has 0 radical (unpaired) electrons. The Kier molecular flexibility index (Phi) is 5.17. The number of rotatable bonds is 6. The van der Waals surface area contributed by atoms with Crippen molar-refractivity contribution in [2.75, 3.05) is 7.11 Å². The lowest BCUT2D eigenvalue weighted by Gasteiger charge is -2.14. The fourth-order valence-corrected chi connectivity index (χ4v) is 2.92. The molecule has 0 spiro atoms. The van der Waals surface area contributed by atoms with Crippen LogP contribution in [-0.4, -0.2) is 23.4 Å². The number of hydrogen-bond acceptors (Lipinski definition) is 5. The number of carbonyl (C=O) groups excluding carboxylic acids is 1. The van der Waals surface area contributed by atoms with E-state index in [9.17, 15) is 20.0 Å². The first-order valence-electron chi connectivity index (χ1n) is 8.21. The minimum Gasteiger partial charge on any atom is -0.507 e. The molecule has 0 saturated carbocycles. The SMILES string of the molecule is COc1ccc(Cc2ccc(C=O)cc2)c(O)c1-c1cccc([N+](=O)[O-])c1. The molecule has 136 valence electrons. The number of phenolic OH excluding ortho intramolecular Hbond substituents is 1. The van der Waals surface area contributed by atoms with Crippen molar-refractivity contribution in [1.82, 2.24) is 0 Å². The van der Waals surface area contributed by atoms with Crippen molar-refractivity contribution in [3.8, 4) is 22.6 Å². The van der Waals surface area contributed by atoms with Crippen LogP contribution in [-0.2, 0) is 6.42 Å². The van der Waals surface area contributed by atoms with Crippen molar-refractivity contribution in [3.05, 3.63) is 87.5 Å². The van der Waals surface area contributed by atoms with Gasteiger partial charge in [-0.3, -0.25) is 14.9 Å². The largest absolute Gasteiger partial charge is 0.507 e. The third kappa shape index (κ3) is 3.79. The van der Waals surface area contributed by atoms with Crippen LogP contribution in [0.25, 0.3) is 11.1 Å². The summed E-state index contributed by atoms with van der Waals surface area (Å²) in [5.74, 6) is 0.433. The second-order valence-corrected chi connectivity index (χ2v) is 5.99. The fourth-order valence-electron chi connectivity index (χ4n) is 2.92. The number of aromatic hydroxyl groups is 1. The van der Waals surface area contributed by atoms with Gasteiger partial charge >= 0.3 is 0 Å². The maximum atomic E-state index is 11.1. The lowest BCUT2D eigenvalue weighted by Crippen LogP contribution is -1.96. The van der Waals surface area contributed by atoms with Gasteiger partial charge in [0.15, 0.2) is 0 Å². The van der Waals surface area contributed by atoms with Gasteiger partial charge in [0.05, 0.1) is 17.6 Å². The molecule has 0 aliphatic rings. The number of phenols is 1. The van der Waals surface area contributed by atoms with Crippen LogP contribution in [0.4, 0.5) is 5.69 Å². The molecule has 0 aromatic heterocycles. The zero-order valence-corrected chi connectivity index (χ0v) is 14.6. The first kappa shape index (κ1) is 18.1. The second kappa shape index (κ2) is 7.70. The maximum absolute atomic E-state index is 11.1. The van der Waals surface area contributed by atoms with Gasteiger partial charge in [-0.2, -0.15) is 0 Å². The smallest absolute Gasteiger partial charge is 0.270 e. The number of ether oxygens (including phenoxy) is 1. The molecule has 0 aliphatic carbocycles. The summed E-state index contributed by atoms with van der Waals surface area (Å²) in [5.41, 5.74) is 2.99. The van der Waals surface area contributed by atoms with Crippen molar-refractivity contribution >= 4 is 12.0 Å². The Morgan fingerprint density at radius 1 is 1.11 bits per heavy atom. The predicted molar refractivity (Wildman–Crippen MR) is 101 cm³/mol. The van der Waals surface area contributed by atoms with Gasteiger partial charge in [-0.25, -0.2) is 0 Å². The Balaban J connectivity index is 2.05. The van der Waals surface area contributed by atoms with E-state index in [0.717, 1.165) is 11.8 Å². The van der Waals surface area contributed by atoms with Gasteiger partial charge in [-0.1, -0.05) is 42.5 Å². The Hall–Kier alpha value is -3.67. The van der Waals surface area contributed by atoms with Crippen LogP contribution in [0, 0.1) is 10.1 Å². The highest BCUT2D eigenvalue weighted by Gasteiger charge is 2.18. The average Bonchev–Trinajstić information content (AvgIpc) is 2.70. The van der Waals surface area contributed by atoms with Crippen molar-refractivity contribution in [1.29, 1.82) is 0 Å². The van der Waals surface area contributed by atoms with E-state index in [1.54, 1.807) is 36.4 Å². The molecule has 0 fully saturated rings. The lowest BCUT2D eigenvalue weighted by molar-refractivity contribution is -0.384. The van der Waals surface area contributed by atoms with Gasteiger partial charge in [-0.05, 0) is 22.8 Å². The minimum atomic E-state index is -0.481. The van der Waals surface area contributed by atoms with E-state index in [2.05, 4.69) is 0 Å². The van der Waals surface area contributed by atoms with Crippen LogP contribution in [0.3, 0.4) is 0 Å². The van der Waals surface area contributed by atoms with Crippen LogP contribution in [0.2, 0.25) is 0 Å². The summed E-state index contributed by atoms with van der Waals surface area (Å²) in [4.78, 5) is 21.4. The van der Waals surface area contributed by atoms with Gasteiger partial charge in [0.25, 0.3) is 5.69 Å². The number of non-ortho nitro benzene ring substituents is 1. The molecule has 0 atom stereocenters. The molecular weight excluding hydrogens is 346 g/mol.